The SMILES string of the molecule is COc1ccc(N[C]=O)c(OC)c1OC. The maximum atomic E-state index is 10.2. The number of ether oxygens (including phenoxy) is 3. The third kappa shape index (κ3) is 2.12. The molecule has 0 fully saturated rings. The van der Waals surface area contributed by atoms with Crippen LogP contribution in [-0.2, 0) is 4.79 Å². The van der Waals surface area contributed by atoms with Crippen LogP contribution in [0.15, 0.2) is 12.1 Å². The van der Waals surface area contributed by atoms with E-state index in [4.69, 9.17) is 14.2 Å². The van der Waals surface area contributed by atoms with Crippen LogP contribution in [0.25, 0.3) is 0 Å². The van der Waals surface area contributed by atoms with Gasteiger partial charge in [0, 0.05) is 0 Å². The third-order valence-electron chi connectivity index (χ3n) is 1.89. The smallest absolute Gasteiger partial charge is 0.314 e. The Hall–Kier alpha value is -1.91. The third-order valence-corrected chi connectivity index (χ3v) is 1.89. The maximum Gasteiger partial charge on any atom is 0.314 e. The van der Waals surface area contributed by atoms with Crippen LogP contribution in [0.5, 0.6) is 17.2 Å². The molecule has 1 aromatic carbocycles. The summed E-state index contributed by atoms with van der Waals surface area (Å²) in [6.45, 7) is 0. The van der Waals surface area contributed by atoms with Gasteiger partial charge in [-0.15, -0.1) is 0 Å². The van der Waals surface area contributed by atoms with Gasteiger partial charge in [0.05, 0.1) is 27.0 Å². The van der Waals surface area contributed by atoms with E-state index in [9.17, 15) is 4.79 Å². The average molecular weight is 210 g/mol. The quantitative estimate of drug-likeness (QED) is 0.742. The number of nitrogens with one attached hydrogen (secondary N) is 1. The van der Waals surface area contributed by atoms with Gasteiger partial charge in [-0.3, -0.25) is 4.79 Å². The molecule has 5 nitrogen and oxygen atoms in total. The van der Waals surface area contributed by atoms with E-state index >= 15 is 0 Å². The molecule has 0 aliphatic carbocycles. The van der Waals surface area contributed by atoms with Gasteiger partial charge in [0.15, 0.2) is 11.5 Å². The zero-order valence-electron chi connectivity index (χ0n) is 8.79. The number of methoxy groups -OCH3 is 3. The number of hydrogen-bond donors (Lipinski definition) is 1. The molecular formula is C10H12NO4. The molecule has 1 rings (SSSR count). The first kappa shape index (κ1) is 11.2. The lowest BCUT2D eigenvalue weighted by Crippen LogP contribution is -2.00. The maximum absolute atomic E-state index is 10.2. The summed E-state index contributed by atoms with van der Waals surface area (Å²) in [7, 11) is 4.50. The molecule has 1 aromatic rings. The summed E-state index contributed by atoms with van der Waals surface area (Å²) in [4.78, 5) is 10.2. The van der Waals surface area contributed by atoms with Gasteiger partial charge in [-0.25, -0.2) is 0 Å². The molecule has 0 aliphatic heterocycles. The summed E-state index contributed by atoms with van der Waals surface area (Å²) in [5.74, 6) is 1.37. The fourth-order valence-corrected chi connectivity index (χ4v) is 1.25. The lowest BCUT2D eigenvalue weighted by atomic mass is 10.2. The highest BCUT2D eigenvalue weighted by atomic mass is 16.5. The van der Waals surface area contributed by atoms with Crippen LogP contribution in [0.1, 0.15) is 0 Å². The number of amides is 1. The summed E-state index contributed by atoms with van der Waals surface area (Å²) in [6.07, 6.45) is 1.57. The van der Waals surface area contributed by atoms with Crippen LogP contribution in [0.3, 0.4) is 0 Å². The van der Waals surface area contributed by atoms with Crippen LogP contribution in [0.4, 0.5) is 5.69 Å². The fourth-order valence-electron chi connectivity index (χ4n) is 1.25. The molecule has 0 saturated carbocycles. The molecule has 0 aliphatic rings. The van der Waals surface area contributed by atoms with Crippen LogP contribution < -0.4 is 19.5 Å². The minimum atomic E-state index is 0.403. The fraction of sp³-hybridized carbons (Fsp3) is 0.300. The molecule has 15 heavy (non-hydrogen) atoms. The van der Waals surface area contributed by atoms with Gasteiger partial charge in [0.2, 0.25) is 5.75 Å². The first-order chi connectivity index (χ1) is 7.28. The molecule has 1 N–H and O–H groups in total. The van der Waals surface area contributed by atoms with E-state index in [1.54, 1.807) is 18.5 Å². The molecule has 0 heterocycles. The molecule has 1 amide bonds. The van der Waals surface area contributed by atoms with Crippen molar-refractivity contribution >= 4 is 12.1 Å². The van der Waals surface area contributed by atoms with Crippen molar-refractivity contribution in [2.45, 2.75) is 0 Å². The molecule has 81 valence electrons. The summed E-state index contributed by atoms with van der Waals surface area (Å²) in [5.41, 5.74) is 0.477. The monoisotopic (exact) mass is 210 g/mol. The summed E-state index contributed by atoms with van der Waals surface area (Å²) in [6, 6.07) is 3.31. The Kier molecular flexibility index (Phi) is 3.79. The Morgan fingerprint density at radius 2 is 1.73 bits per heavy atom. The second-order valence-corrected chi connectivity index (χ2v) is 2.61. The second kappa shape index (κ2) is 5.09. The molecule has 0 atom stereocenters. The van der Waals surface area contributed by atoms with E-state index < -0.39 is 0 Å². The van der Waals surface area contributed by atoms with Gasteiger partial charge in [0.1, 0.15) is 0 Å². The van der Waals surface area contributed by atoms with Crippen LogP contribution in [0.2, 0.25) is 0 Å². The minimum Gasteiger partial charge on any atom is -0.493 e. The first-order valence-corrected chi connectivity index (χ1v) is 4.20. The molecule has 0 bridgehead atoms. The van der Waals surface area contributed by atoms with Crippen molar-refractivity contribution < 1.29 is 19.0 Å². The van der Waals surface area contributed by atoms with Crippen molar-refractivity contribution in [3.05, 3.63) is 12.1 Å². The zero-order valence-corrected chi connectivity index (χ0v) is 8.79. The van der Waals surface area contributed by atoms with E-state index in [2.05, 4.69) is 5.32 Å². The molecule has 0 spiro atoms. The molecular weight excluding hydrogens is 198 g/mol. The Morgan fingerprint density at radius 1 is 1.07 bits per heavy atom. The topological polar surface area (TPSA) is 56.8 Å². The highest BCUT2D eigenvalue weighted by Crippen LogP contribution is 2.42. The minimum absolute atomic E-state index is 0.403. The average Bonchev–Trinajstić information content (AvgIpc) is 2.28. The second-order valence-electron chi connectivity index (χ2n) is 2.61. The number of benzene rings is 1. The van der Waals surface area contributed by atoms with Crippen molar-refractivity contribution in [1.82, 2.24) is 0 Å². The van der Waals surface area contributed by atoms with Gasteiger partial charge in [-0.1, -0.05) is 0 Å². The summed E-state index contributed by atoms with van der Waals surface area (Å²) in [5, 5.41) is 2.39. The zero-order chi connectivity index (χ0) is 11.3. The van der Waals surface area contributed by atoms with Crippen molar-refractivity contribution in [1.29, 1.82) is 0 Å². The van der Waals surface area contributed by atoms with Gasteiger partial charge >= 0.3 is 6.41 Å². The predicted molar refractivity (Wildman–Crippen MR) is 55.4 cm³/mol. The largest absolute Gasteiger partial charge is 0.493 e. The Labute approximate surface area is 87.9 Å². The van der Waals surface area contributed by atoms with Gasteiger partial charge in [-0.05, 0) is 12.1 Å². The summed E-state index contributed by atoms with van der Waals surface area (Å²) >= 11 is 0. The van der Waals surface area contributed by atoms with Crippen LogP contribution in [0, 0.1) is 0 Å². The van der Waals surface area contributed by atoms with E-state index in [0.29, 0.717) is 22.9 Å². The molecule has 5 heteroatoms. The Balaban J connectivity index is 3.27. The van der Waals surface area contributed by atoms with E-state index in [0.717, 1.165) is 0 Å². The number of carbonyl (C=O) groups excluding carboxylic acids is 1. The highest BCUT2D eigenvalue weighted by molar-refractivity contribution is 5.79. The van der Waals surface area contributed by atoms with Crippen LogP contribution in [-0.4, -0.2) is 27.7 Å². The molecule has 0 aromatic heterocycles. The van der Waals surface area contributed by atoms with Gasteiger partial charge in [0.25, 0.3) is 0 Å². The number of rotatable bonds is 5. The van der Waals surface area contributed by atoms with Gasteiger partial charge < -0.3 is 19.5 Å². The Morgan fingerprint density at radius 3 is 2.20 bits per heavy atom. The predicted octanol–water partition coefficient (Wildman–Crippen LogP) is 1.19. The summed E-state index contributed by atoms with van der Waals surface area (Å²) < 4.78 is 15.3. The lowest BCUT2D eigenvalue weighted by molar-refractivity contribution is 0.325. The normalized spacial score (nSPS) is 9.27. The van der Waals surface area contributed by atoms with Crippen LogP contribution >= 0.6 is 0 Å². The highest BCUT2D eigenvalue weighted by Gasteiger charge is 2.15. The van der Waals surface area contributed by atoms with Crippen molar-refractivity contribution in [2.75, 3.05) is 26.6 Å². The number of hydrogen-bond acceptors (Lipinski definition) is 4. The lowest BCUT2D eigenvalue weighted by Gasteiger charge is -2.14. The Bertz CT molecular complexity index is 352. The van der Waals surface area contributed by atoms with E-state index in [-0.39, 0.29) is 0 Å². The van der Waals surface area contributed by atoms with Crippen molar-refractivity contribution in [3.63, 3.8) is 0 Å². The van der Waals surface area contributed by atoms with E-state index in [1.807, 2.05) is 0 Å². The molecule has 0 unspecified atom stereocenters. The van der Waals surface area contributed by atoms with Crippen molar-refractivity contribution in [3.8, 4) is 17.2 Å². The van der Waals surface area contributed by atoms with Crippen molar-refractivity contribution in [2.24, 2.45) is 0 Å². The standard InChI is InChI=1S/C10H12NO4/c1-13-8-5-4-7(11-6-12)9(14-2)10(8)15-3/h4-5H,1-3H3,(H,11,12). The molecule has 1 radical (unpaired) electrons. The number of anilines is 1. The molecule has 0 saturated heterocycles. The van der Waals surface area contributed by atoms with E-state index in [1.165, 1.54) is 21.3 Å². The first-order valence-electron chi connectivity index (χ1n) is 4.20. The van der Waals surface area contributed by atoms with Gasteiger partial charge in [-0.2, -0.15) is 0 Å².